The summed E-state index contributed by atoms with van der Waals surface area (Å²) in [6.45, 7) is 0. The summed E-state index contributed by atoms with van der Waals surface area (Å²) in [6.07, 6.45) is 9.45. The van der Waals surface area contributed by atoms with Gasteiger partial charge in [-0.2, -0.15) is 0 Å². The summed E-state index contributed by atoms with van der Waals surface area (Å²) in [5.74, 6) is 0.0997. The highest BCUT2D eigenvalue weighted by atomic mass is 16.2. The molecule has 0 heterocycles. The Morgan fingerprint density at radius 1 is 1.15 bits per heavy atom. The molecule has 1 saturated carbocycles. The number of carbonyl (C=O) groups excluding carboxylic acids is 1. The van der Waals surface area contributed by atoms with Gasteiger partial charge in [0.05, 0.1) is 0 Å². The van der Waals surface area contributed by atoms with Crippen LogP contribution in [0.3, 0.4) is 0 Å². The zero-order valence-corrected chi connectivity index (χ0v) is 12.5. The molecule has 0 saturated heterocycles. The first-order chi connectivity index (χ1) is 9.62. The van der Waals surface area contributed by atoms with Gasteiger partial charge in [0.1, 0.15) is 0 Å². The summed E-state index contributed by atoms with van der Waals surface area (Å²) in [5, 5.41) is 0. The minimum absolute atomic E-state index is 0.0997. The van der Waals surface area contributed by atoms with Crippen LogP contribution < -0.4 is 0 Å². The first kappa shape index (κ1) is 13.4. The molecule has 1 amide bonds. The number of hydrogen-bond donors (Lipinski definition) is 0. The van der Waals surface area contributed by atoms with Gasteiger partial charge in [-0.1, -0.05) is 43.5 Å². The van der Waals surface area contributed by atoms with Crippen molar-refractivity contribution in [2.75, 3.05) is 14.1 Å². The molecule has 1 spiro atoms. The quantitative estimate of drug-likeness (QED) is 0.711. The van der Waals surface area contributed by atoms with E-state index in [1.54, 1.807) is 4.90 Å². The molecular weight excluding hydrogens is 246 g/mol. The van der Waals surface area contributed by atoms with Crippen molar-refractivity contribution in [1.29, 1.82) is 0 Å². The lowest BCUT2D eigenvalue weighted by Gasteiger charge is -2.34. The molecule has 0 aromatic heterocycles. The zero-order valence-electron chi connectivity index (χ0n) is 12.5. The predicted molar refractivity (Wildman–Crippen MR) is 82.5 cm³/mol. The summed E-state index contributed by atoms with van der Waals surface area (Å²) in [6, 6.07) is 8.70. The maximum atomic E-state index is 12.0. The third-order valence-corrected chi connectivity index (χ3v) is 4.92. The molecule has 0 radical (unpaired) electrons. The number of likely N-dealkylation sites (N-methyl/N-ethyl adjacent to an activating group) is 1. The average molecular weight is 269 g/mol. The Morgan fingerprint density at radius 2 is 1.85 bits per heavy atom. The van der Waals surface area contributed by atoms with Crippen molar-refractivity contribution in [3.63, 3.8) is 0 Å². The highest BCUT2D eigenvalue weighted by molar-refractivity contribution is 5.96. The second-order valence-electron chi connectivity index (χ2n) is 6.47. The molecule has 0 N–H and O–H groups in total. The SMILES string of the molecule is CN(C)C(=O)C=C1CC2(CCCCC2)c2ccccc21. The van der Waals surface area contributed by atoms with E-state index in [4.69, 9.17) is 0 Å². The monoisotopic (exact) mass is 269 g/mol. The second kappa shape index (κ2) is 5.08. The summed E-state index contributed by atoms with van der Waals surface area (Å²) >= 11 is 0. The average Bonchev–Trinajstić information content (AvgIpc) is 2.74. The van der Waals surface area contributed by atoms with Gasteiger partial charge in [0.25, 0.3) is 0 Å². The second-order valence-corrected chi connectivity index (χ2v) is 6.47. The molecule has 106 valence electrons. The number of rotatable bonds is 1. The molecule has 2 nitrogen and oxygen atoms in total. The van der Waals surface area contributed by atoms with E-state index in [-0.39, 0.29) is 5.91 Å². The molecule has 1 aromatic carbocycles. The summed E-state index contributed by atoms with van der Waals surface area (Å²) in [5.41, 5.74) is 4.34. The van der Waals surface area contributed by atoms with Crippen molar-refractivity contribution in [3.05, 3.63) is 41.5 Å². The molecule has 0 bridgehead atoms. The molecule has 1 fully saturated rings. The predicted octanol–water partition coefficient (Wildman–Crippen LogP) is 3.76. The highest BCUT2D eigenvalue weighted by Gasteiger charge is 2.41. The Kier molecular flexibility index (Phi) is 3.41. The minimum Gasteiger partial charge on any atom is -0.345 e. The molecule has 2 heteroatoms. The number of allylic oxidation sites excluding steroid dienone is 1. The molecule has 2 aliphatic carbocycles. The van der Waals surface area contributed by atoms with E-state index >= 15 is 0 Å². The van der Waals surface area contributed by atoms with E-state index < -0.39 is 0 Å². The fraction of sp³-hybridized carbons (Fsp3) is 0.500. The molecule has 0 aliphatic heterocycles. The van der Waals surface area contributed by atoms with Crippen LogP contribution in [0.15, 0.2) is 30.3 Å². The fourth-order valence-electron chi connectivity index (χ4n) is 3.86. The van der Waals surface area contributed by atoms with Gasteiger partial charge in [-0.25, -0.2) is 0 Å². The molecule has 3 rings (SSSR count). The Labute approximate surface area is 121 Å². The van der Waals surface area contributed by atoms with Gasteiger partial charge >= 0.3 is 0 Å². The smallest absolute Gasteiger partial charge is 0.246 e. The van der Waals surface area contributed by atoms with Crippen molar-refractivity contribution < 1.29 is 4.79 Å². The fourth-order valence-corrected chi connectivity index (χ4v) is 3.86. The van der Waals surface area contributed by atoms with Gasteiger partial charge in [-0.3, -0.25) is 4.79 Å². The van der Waals surface area contributed by atoms with Crippen LogP contribution in [0.2, 0.25) is 0 Å². The van der Waals surface area contributed by atoms with Crippen LogP contribution in [-0.4, -0.2) is 24.9 Å². The van der Waals surface area contributed by atoms with Crippen molar-refractivity contribution in [3.8, 4) is 0 Å². The topological polar surface area (TPSA) is 20.3 Å². The van der Waals surface area contributed by atoms with Crippen molar-refractivity contribution in [2.45, 2.75) is 43.9 Å². The number of benzene rings is 1. The first-order valence-corrected chi connectivity index (χ1v) is 7.64. The summed E-state index contributed by atoms with van der Waals surface area (Å²) in [4.78, 5) is 13.7. The lowest BCUT2D eigenvalue weighted by molar-refractivity contribution is -0.123. The van der Waals surface area contributed by atoms with Crippen molar-refractivity contribution in [1.82, 2.24) is 4.90 Å². The van der Waals surface area contributed by atoms with Gasteiger partial charge in [0.15, 0.2) is 0 Å². The molecule has 0 unspecified atom stereocenters. The van der Waals surface area contributed by atoms with Crippen LogP contribution in [0.5, 0.6) is 0 Å². The van der Waals surface area contributed by atoms with Crippen molar-refractivity contribution in [2.24, 2.45) is 0 Å². The van der Waals surface area contributed by atoms with Crippen LogP contribution in [-0.2, 0) is 10.2 Å². The molecule has 1 aromatic rings. The van der Waals surface area contributed by atoms with Gasteiger partial charge in [-0.05, 0) is 41.4 Å². The lowest BCUT2D eigenvalue weighted by atomic mass is 9.70. The Bertz CT molecular complexity index is 550. The van der Waals surface area contributed by atoms with E-state index in [1.807, 2.05) is 20.2 Å². The minimum atomic E-state index is 0.0997. The van der Waals surface area contributed by atoms with Crippen LogP contribution >= 0.6 is 0 Å². The Hall–Kier alpha value is -1.57. The maximum Gasteiger partial charge on any atom is 0.246 e. The van der Waals surface area contributed by atoms with Crippen molar-refractivity contribution >= 4 is 11.5 Å². The van der Waals surface area contributed by atoms with E-state index in [2.05, 4.69) is 24.3 Å². The van der Waals surface area contributed by atoms with E-state index in [0.717, 1.165) is 6.42 Å². The van der Waals surface area contributed by atoms with Crippen LogP contribution in [0.1, 0.15) is 49.7 Å². The van der Waals surface area contributed by atoms with Gasteiger partial charge < -0.3 is 4.90 Å². The number of amides is 1. The summed E-state index contributed by atoms with van der Waals surface area (Å²) < 4.78 is 0. The Morgan fingerprint density at radius 3 is 2.55 bits per heavy atom. The first-order valence-electron chi connectivity index (χ1n) is 7.64. The Balaban J connectivity index is 2.02. The lowest BCUT2D eigenvalue weighted by Crippen LogP contribution is -2.26. The molecule has 20 heavy (non-hydrogen) atoms. The number of hydrogen-bond acceptors (Lipinski definition) is 1. The largest absolute Gasteiger partial charge is 0.345 e. The number of fused-ring (bicyclic) bond motifs is 2. The van der Waals surface area contributed by atoms with E-state index in [1.165, 1.54) is 48.8 Å². The van der Waals surface area contributed by atoms with Crippen LogP contribution in [0, 0.1) is 0 Å². The molecular formula is C18H23NO. The normalized spacial score (nSPS) is 22.0. The van der Waals surface area contributed by atoms with Crippen LogP contribution in [0.25, 0.3) is 5.57 Å². The van der Waals surface area contributed by atoms with Gasteiger partial charge in [-0.15, -0.1) is 0 Å². The zero-order chi connectivity index (χ0) is 14.2. The van der Waals surface area contributed by atoms with Crippen LogP contribution in [0.4, 0.5) is 0 Å². The van der Waals surface area contributed by atoms with E-state index in [9.17, 15) is 4.79 Å². The molecule has 2 aliphatic rings. The highest BCUT2D eigenvalue weighted by Crippen LogP contribution is 2.53. The van der Waals surface area contributed by atoms with E-state index in [0.29, 0.717) is 5.41 Å². The van der Waals surface area contributed by atoms with Gasteiger partial charge in [0.2, 0.25) is 5.91 Å². The number of carbonyl (C=O) groups is 1. The third kappa shape index (κ3) is 2.17. The number of nitrogens with zero attached hydrogens (tertiary/aromatic N) is 1. The third-order valence-electron chi connectivity index (χ3n) is 4.92. The standard InChI is InChI=1S/C18H23NO/c1-19(2)17(20)12-14-13-18(10-6-3-7-11-18)16-9-5-4-8-15(14)16/h4-5,8-9,12H,3,6-7,10-11,13H2,1-2H3. The molecule has 0 atom stereocenters. The summed E-state index contributed by atoms with van der Waals surface area (Å²) in [7, 11) is 3.63. The maximum absolute atomic E-state index is 12.0. The van der Waals surface area contributed by atoms with Gasteiger partial charge in [0, 0.05) is 20.2 Å².